The van der Waals surface area contributed by atoms with E-state index in [9.17, 15) is 0 Å². The topological polar surface area (TPSA) is 15.3 Å². The molecule has 1 atom stereocenters. The molecule has 1 saturated heterocycles. The first kappa shape index (κ1) is 15.5. The second kappa shape index (κ2) is 5.87. The van der Waals surface area contributed by atoms with E-state index in [0.717, 1.165) is 19.6 Å². The van der Waals surface area contributed by atoms with E-state index in [-0.39, 0.29) is 5.54 Å². The van der Waals surface area contributed by atoms with Crippen molar-refractivity contribution in [1.82, 2.24) is 10.2 Å². The molecule has 1 unspecified atom stereocenters. The summed E-state index contributed by atoms with van der Waals surface area (Å²) in [6, 6.07) is 7.48. The van der Waals surface area contributed by atoms with Crippen LogP contribution in [-0.2, 0) is 6.54 Å². The molecule has 0 amide bonds. The highest BCUT2D eigenvalue weighted by molar-refractivity contribution is 5.30. The van der Waals surface area contributed by atoms with Crippen LogP contribution in [0, 0.1) is 19.8 Å². The Kier molecular flexibility index (Phi) is 4.55. The van der Waals surface area contributed by atoms with Crippen molar-refractivity contribution in [3.8, 4) is 0 Å². The van der Waals surface area contributed by atoms with Crippen LogP contribution in [0.25, 0.3) is 0 Å². The lowest BCUT2D eigenvalue weighted by Crippen LogP contribution is -2.62. The summed E-state index contributed by atoms with van der Waals surface area (Å²) < 4.78 is 0. The van der Waals surface area contributed by atoms with Gasteiger partial charge < -0.3 is 5.32 Å². The summed E-state index contributed by atoms with van der Waals surface area (Å²) in [5, 5.41) is 3.70. The van der Waals surface area contributed by atoms with Crippen LogP contribution in [0.3, 0.4) is 0 Å². The molecule has 0 radical (unpaired) electrons. The van der Waals surface area contributed by atoms with Crippen LogP contribution >= 0.6 is 0 Å². The van der Waals surface area contributed by atoms with Crippen LogP contribution in [-0.4, -0.2) is 29.6 Å². The van der Waals surface area contributed by atoms with Crippen molar-refractivity contribution in [2.24, 2.45) is 5.92 Å². The maximum atomic E-state index is 3.70. The van der Waals surface area contributed by atoms with Crippen molar-refractivity contribution in [3.05, 3.63) is 34.9 Å². The van der Waals surface area contributed by atoms with Crippen LogP contribution in [0.1, 0.15) is 44.4 Å². The third-order valence-electron chi connectivity index (χ3n) is 4.82. The van der Waals surface area contributed by atoms with Crippen molar-refractivity contribution < 1.29 is 0 Å². The molecule has 1 N–H and O–H groups in total. The zero-order chi connectivity index (χ0) is 14.9. The van der Waals surface area contributed by atoms with Gasteiger partial charge in [0.15, 0.2) is 0 Å². The normalized spacial score (nSPS) is 23.2. The molecule has 1 heterocycles. The molecule has 2 nitrogen and oxygen atoms in total. The molecular weight excluding hydrogens is 244 g/mol. The van der Waals surface area contributed by atoms with Gasteiger partial charge in [-0.2, -0.15) is 0 Å². The molecular formula is C18H30N2. The molecule has 20 heavy (non-hydrogen) atoms. The first-order chi connectivity index (χ1) is 9.29. The van der Waals surface area contributed by atoms with E-state index < -0.39 is 0 Å². The van der Waals surface area contributed by atoms with Crippen LogP contribution < -0.4 is 5.32 Å². The molecule has 1 fully saturated rings. The van der Waals surface area contributed by atoms with Crippen molar-refractivity contribution in [2.75, 3.05) is 13.1 Å². The summed E-state index contributed by atoms with van der Waals surface area (Å²) in [6.45, 7) is 17.0. The minimum Gasteiger partial charge on any atom is -0.311 e. The largest absolute Gasteiger partial charge is 0.311 e. The summed E-state index contributed by atoms with van der Waals surface area (Å²) in [4.78, 5) is 2.64. The van der Waals surface area contributed by atoms with Gasteiger partial charge in [0.1, 0.15) is 0 Å². The highest BCUT2D eigenvalue weighted by atomic mass is 15.3. The lowest BCUT2D eigenvalue weighted by atomic mass is 9.92. The van der Waals surface area contributed by atoms with Gasteiger partial charge in [-0.15, -0.1) is 0 Å². The first-order valence-electron chi connectivity index (χ1n) is 7.84. The second-order valence-electron chi connectivity index (χ2n) is 7.34. The molecule has 2 rings (SSSR count). The van der Waals surface area contributed by atoms with Gasteiger partial charge in [0.2, 0.25) is 0 Å². The van der Waals surface area contributed by atoms with E-state index in [1.165, 1.54) is 16.7 Å². The van der Waals surface area contributed by atoms with Gasteiger partial charge >= 0.3 is 0 Å². The Morgan fingerprint density at radius 3 is 2.55 bits per heavy atom. The van der Waals surface area contributed by atoms with E-state index >= 15 is 0 Å². The Labute approximate surface area is 124 Å². The number of piperazine rings is 1. The van der Waals surface area contributed by atoms with E-state index in [1.807, 2.05) is 0 Å². The molecule has 0 aliphatic carbocycles. The van der Waals surface area contributed by atoms with Crippen LogP contribution in [0.5, 0.6) is 0 Å². The van der Waals surface area contributed by atoms with Crippen LogP contribution in [0.4, 0.5) is 0 Å². The Balaban J connectivity index is 2.13. The van der Waals surface area contributed by atoms with Crippen LogP contribution in [0.15, 0.2) is 18.2 Å². The fourth-order valence-corrected chi connectivity index (χ4v) is 2.89. The third kappa shape index (κ3) is 3.42. The smallest absolute Gasteiger partial charge is 0.0281 e. The number of benzene rings is 1. The van der Waals surface area contributed by atoms with Gasteiger partial charge in [0.25, 0.3) is 0 Å². The molecule has 0 spiro atoms. The SMILES string of the molecule is Cc1ccc(CN2CC(C(C)C)NCC2(C)C)cc1C. The summed E-state index contributed by atoms with van der Waals surface area (Å²) in [5.41, 5.74) is 4.44. The second-order valence-corrected chi connectivity index (χ2v) is 7.34. The number of hydrogen-bond acceptors (Lipinski definition) is 2. The van der Waals surface area contributed by atoms with Gasteiger partial charge in [-0.05, 0) is 50.3 Å². The molecule has 1 aliphatic heterocycles. The highest BCUT2D eigenvalue weighted by Crippen LogP contribution is 2.24. The monoisotopic (exact) mass is 274 g/mol. The lowest BCUT2D eigenvalue weighted by Gasteiger charge is -2.47. The zero-order valence-corrected chi connectivity index (χ0v) is 14.0. The Bertz CT molecular complexity index is 462. The molecule has 0 saturated carbocycles. The van der Waals surface area contributed by atoms with Gasteiger partial charge in [-0.25, -0.2) is 0 Å². The maximum absolute atomic E-state index is 3.70. The number of hydrogen-bond donors (Lipinski definition) is 1. The summed E-state index contributed by atoms with van der Waals surface area (Å²) in [5.74, 6) is 0.688. The number of rotatable bonds is 3. The minimum atomic E-state index is 0.226. The molecule has 1 aliphatic rings. The van der Waals surface area contributed by atoms with E-state index in [4.69, 9.17) is 0 Å². The molecule has 112 valence electrons. The fourth-order valence-electron chi connectivity index (χ4n) is 2.89. The molecule has 1 aromatic carbocycles. The quantitative estimate of drug-likeness (QED) is 0.907. The Morgan fingerprint density at radius 1 is 1.25 bits per heavy atom. The fraction of sp³-hybridized carbons (Fsp3) is 0.667. The molecule has 0 aromatic heterocycles. The van der Waals surface area contributed by atoms with E-state index in [2.05, 4.69) is 70.0 Å². The zero-order valence-electron chi connectivity index (χ0n) is 14.0. The van der Waals surface area contributed by atoms with E-state index in [0.29, 0.717) is 12.0 Å². The lowest BCUT2D eigenvalue weighted by molar-refractivity contribution is 0.0474. The summed E-state index contributed by atoms with van der Waals surface area (Å²) in [6.07, 6.45) is 0. The van der Waals surface area contributed by atoms with E-state index in [1.54, 1.807) is 0 Å². The highest BCUT2D eigenvalue weighted by Gasteiger charge is 2.34. The van der Waals surface area contributed by atoms with Gasteiger partial charge in [0, 0.05) is 31.2 Å². The predicted molar refractivity (Wildman–Crippen MR) is 87.0 cm³/mol. The van der Waals surface area contributed by atoms with Crippen molar-refractivity contribution in [3.63, 3.8) is 0 Å². The number of nitrogens with zero attached hydrogens (tertiary/aromatic N) is 1. The molecule has 1 aromatic rings. The average molecular weight is 274 g/mol. The molecule has 2 heteroatoms. The van der Waals surface area contributed by atoms with Crippen molar-refractivity contribution in [1.29, 1.82) is 0 Å². The predicted octanol–water partition coefficient (Wildman–Crippen LogP) is 3.51. The maximum Gasteiger partial charge on any atom is 0.0281 e. The Hall–Kier alpha value is -0.860. The molecule has 0 bridgehead atoms. The number of nitrogens with one attached hydrogen (secondary N) is 1. The van der Waals surface area contributed by atoms with Gasteiger partial charge in [-0.1, -0.05) is 32.0 Å². The van der Waals surface area contributed by atoms with Crippen LogP contribution in [0.2, 0.25) is 0 Å². The standard InChI is InChI=1S/C18H30N2/c1-13(2)17-11-20(18(5,6)12-19-17)10-16-8-7-14(3)15(4)9-16/h7-9,13,17,19H,10-12H2,1-6H3. The van der Waals surface area contributed by atoms with Crippen molar-refractivity contribution >= 4 is 0 Å². The first-order valence-corrected chi connectivity index (χ1v) is 7.84. The summed E-state index contributed by atoms with van der Waals surface area (Å²) in [7, 11) is 0. The average Bonchev–Trinajstić information content (AvgIpc) is 2.36. The minimum absolute atomic E-state index is 0.226. The van der Waals surface area contributed by atoms with Gasteiger partial charge in [-0.3, -0.25) is 4.90 Å². The Morgan fingerprint density at radius 2 is 1.95 bits per heavy atom. The van der Waals surface area contributed by atoms with Crippen molar-refractivity contribution in [2.45, 2.75) is 59.7 Å². The number of aryl methyl sites for hydroxylation is 2. The third-order valence-corrected chi connectivity index (χ3v) is 4.82. The summed E-state index contributed by atoms with van der Waals surface area (Å²) >= 11 is 0. The van der Waals surface area contributed by atoms with Gasteiger partial charge in [0.05, 0.1) is 0 Å².